The highest BCUT2D eigenvalue weighted by atomic mass is 16.5. The molecule has 0 radical (unpaired) electrons. The molecule has 1 aliphatic rings. The van der Waals surface area contributed by atoms with Crippen LogP contribution in [0.4, 0.5) is 0 Å². The molecule has 0 heterocycles. The van der Waals surface area contributed by atoms with E-state index in [9.17, 15) is 0 Å². The summed E-state index contributed by atoms with van der Waals surface area (Å²) in [5.41, 5.74) is 0. The molecule has 0 aromatic rings. The third-order valence-corrected chi connectivity index (χ3v) is 2.29. The summed E-state index contributed by atoms with van der Waals surface area (Å²) in [6, 6.07) is 0. The van der Waals surface area contributed by atoms with Crippen LogP contribution in [-0.4, -0.2) is 12.2 Å². The highest BCUT2D eigenvalue weighted by Crippen LogP contribution is 2.21. The Morgan fingerprint density at radius 1 is 1.36 bits per heavy atom. The van der Waals surface area contributed by atoms with Crippen molar-refractivity contribution < 1.29 is 4.74 Å². The Hall–Kier alpha value is -0.300. The van der Waals surface area contributed by atoms with Crippen molar-refractivity contribution in [1.82, 2.24) is 0 Å². The van der Waals surface area contributed by atoms with Gasteiger partial charge in [-0.15, -0.1) is 6.58 Å². The van der Waals surface area contributed by atoms with Crippen LogP contribution in [0.25, 0.3) is 0 Å². The summed E-state index contributed by atoms with van der Waals surface area (Å²) in [5.74, 6) is 0. The van der Waals surface area contributed by atoms with Crippen LogP contribution in [0.2, 0.25) is 0 Å². The van der Waals surface area contributed by atoms with Crippen molar-refractivity contribution in [3.63, 3.8) is 0 Å². The van der Waals surface area contributed by atoms with Crippen LogP contribution >= 0.6 is 0 Å². The molecule has 1 saturated carbocycles. The van der Waals surface area contributed by atoms with Gasteiger partial charge in [0, 0.05) is 0 Å². The van der Waals surface area contributed by atoms with E-state index in [1.807, 2.05) is 6.08 Å². The zero-order valence-corrected chi connectivity index (χ0v) is 7.38. The van der Waals surface area contributed by atoms with Crippen LogP contribution in [0, 0.1) is 0 Å². The van der Waals surface area contributed by atoms with Crippen LogP contribution in [-0.2, 0) is 4.74 Å². The van der Waals surface area contributed by atoms with Crippen molar-refractivity contribution in [2.75, 3.05) is 0 Å². The zero-order chi connectivity index (χ0) is 8.10. The second kappa shape index (κ2) is 4.55. The summed E-state index contributed by atoms with van der Waals surface area (Å²) in [6.07, 6.45) is 9.19. The van der Waals surface area contributed by atoms with Gasteiger partial charge in [-0.1, -0.05) is 25.3 Å². The molecule has 0 spiro atoms. The molecule has 0 aromatic carbocycles. The van der Waals surface area contributed by atoms with Gasteiger partial charge in [0.15, 0.2) is 0 Å². The van der Waals surface area contributed by atoms with Gasteiger partial charge in [0.05, 0.1) is 12.2 Å². The molecule has 1 atom stereocenters. The highest BCUT2D eigenvalue weighted by Gasteiger charge is 2.14. The van der Waals surface area contributed by atoms with Crippen LogP contribution in [0.1, 0.15) is 39.0 Å². The fraction of sp³-hybridized carbons (Fsp3) is 0.800. The quantitative estimate of drug-likeness (QED) is 0.568. The molecule has 1 unspecified atom stereocenters. The van der Waals surface area contributed by atoms with Gasteiger partial charge in [-0.25, -0.2) is 0 Å². The third kappa shape index (κ3) is 3.06. The monoisotopic (exact) mass is 154 g/mol. The van der Waals surface area contributed by atoms with E-state index in [1.165, 1.54) is 32.1 Å². The second-order valence-corrected chi connectivity index (χ2v) is 3.34. The van der Waals surface area contributed by atoms with Gasteiger partial charge in [0.2, 0.25) is 0 Å². The normalized spacial score (nSPS) is 23.0. The maximum absolute atomic E-state index is 5.72. The molecule has 0 amide bonds. The Bertz CT molecular complexity index is 114. The topological polar surface area (TPSA) is 9.23 Å². The lowest BCUT2D eigenvalue weighted by molar-refractivity contribution is 0.00150. The molecule has 64 valence electrons. The van der Waals surface area contributed by atoms with Crippen molar-refractivity contribution in [3.05, 3.63) is 12.7 Å². The summed E-state index contributed by atoms with van der Waals surface area (Å²) in [6.45, 7) is 5.76. The highest BCUT2D eigenvalue weighted by molar-refractivity contribution is 4.77. The van der Waals surface area contributed by atoms with E-state index in [2.05, 4.69) is 13.5 Å². The Balaban J connectivity index is 2.18. The van der Waals surface area contributed by atoms with E-state index in [0.717, 1.165) is 0 Å². The lowest BCUT2D eigenvalue weighted by Gasteiger charge is -2.24. The number of hydrogen-bond acceptors (Lipinski definition) is 1. The molecular weight excluding hydrogens is 136 g/mol. The molecule has 0 bridgehead atoms. The lowest BCUT2D eigenvalue weighted by atomic mass is 9.98. The Labute approximate surface area is 69.4 Å². The maximum Gasteiger partial charge on any atom is 0.0728 e. The summed E-state index contributed by atoms with van der Waals surface area (Å²) in [7, 11) is 0. The Morgan fingerprint density at radius 2 is 2.00 bits per heavy atom. The van der Waals surface area contributed by atoms with Gasteiger partial charge in [0.1, 0.15) is 0 Å². The summed E-state index contributed by atoms with van der Waals surface area (Å²) >= 11 is 0. The van der Waals surface area contributed by atoms with Crippen LogP contribution in [0.5, 0.6) is 0 Å². The molecule has 1 nitrogen and oxygen atoms in total. The van der Waals surface area contributed by atoms with Crippen LogP contribution in [0.15, 0.2) is 12.7 Å². The minimum atomic E-state index is 0.234. The van der Waals surface area contributed by atoms with E-state index in [-0.39, 0.29) is 6.10 Å². The van der Waals surface area contributed by atoms with Gasteiger partial charge >= 0.3 is 0 Å². The second-order valence-electron chi connectivity index (χ2n) is 3.34. The van der Waals surface area contributed by atoms with Crippen molar-refractivity contribution in [3.8, 4) is 0 Å². The van der Waals surface area contributed by atoms with E-state index >= 15 is 0 Å². The molecule has 1 heteroatoms. The van der Waals surface area contributed by atoms with Gasteiger partial charge in [0.25, 0.3) is 0 Å². The minimum Gasteiger partial charge on any atom is -0.371 e. The van der Waals surface area contributed by atoms with Gasteiger partial charge in [-0.3, -0.25) is 0 Å². The molecular formula is C10H18O. The van der Waals surface area contributed by atoms with Crippen molar-refractivity contribution in [2.24, 2.45) is 0 Å². The Kier molecular flexibility index (Phi) is 3.64. The van der Waals surface area contributed by atoms with Crippen LogP contribution in [0.3, 0.4) is 0 Å². The van der Waals surface area contributed by atoms with Crippen molar-refractivity contribution in [1.29, 1.82) is 0 Å². The smallest absolute Gasteiger partial charge is 0.0728 e. The molecule has 0 saturated heterocycles. The van der Waals surface area contributed by atoms with E-state index in [1.54, 1.807) is 0 Å². The standard InChI is InChI=1S/C10H18O/c1-3-9(2)11-10-7-5-4-6-8-10/h3,9-10H,1,4-8H2,2H3. The molecule has 0 aliphatic heterocycles. The van der Waals surface area contributed by atoms with E-state index in [4.69, 9.17) is 4.74 Å². The largest absolute Gasteiger partial charge is 0.371 e. The van der Waals surface area contributed by atoms with Crippen molar-refractivity contribution in [2.45, 2.75) is 51.2 Å². The number of hydrogen-bond donors (Lipinski definition) is 0. The van der Waals surface area contributed by atoms with Crippen LogP contribution < -0.4 is 0 Å². The minimum absolute atomic E-state index is 0.234. The fourth-order valence-corrected chi connectivity index (χ4v) is 1.56. The molecule has 1 fully saturated rings. The average molecular weight is 154 g/mol. The summed E-state index contributed by atoms with van der Waals surface area (Å²) in [5, 5.41) is 0. The van der Waals surface area contributed by atoms with Crippen molar-refractivity contribution >= 4 is 0 Å². The predicted octanol–water partition coefficient (Wildman–Crippen LogP) is 2.91. The number of ether oxygens (including phenoxy) is 1. The lowest BCUT2D eigenvalue weighted by Crippen LogP contribution is -2.20. The first kappa shape index (κ1) is 8.79. The maximum atomic E-state index is 5.72. The SMILES string of the molecule is C=CC(C)OC1CCCCC1. The summed E-state index contributed by atoms with van der Waals surface area (Å²) in [4.78, 5) is 0. The van der Waals surface area contributed by atoms with Gasteiger partial charge in [-0.05, 0) is 19.8 Å². The van der Waals surface area contributed by atoms with E-state index in [0.29, 0.717) is 6.10 Å². The first-order valence-electron chi connectivity index (χ1n) is 4.61. The first-order chi connectivity index (χ1) is 5.33. The molecule has 1 rings (SSSR count). The molecule has 1 aliphatic carbocycles. The average Bonchev–Trinajstić information content (AvgIpc) is 2.06. The zero-order valence-electron chi connectivity index (χ0n) is 7.38. The predicted molar refractivity (Wildman–Crippen MR) is 47.6 cm³/mol. The Morgan fingerprint density at radius 3 is 2.55 bits per heavy atom. The first-order valence-corrected chi connectivity index (χ1v) is 4.61. The molecule has 11 heavy (non-hydrogen) atoms. The number of rotatable bonds is 3. The fourth-order valence-electron chi connectivity index (χ4n) is 1.56. The van der Waals surface area contributed by atoms with Gasteiger partial charge < -0.3 is 4.74 Å². The molecule has 0 N–H and O–H groups in total. The van der Waals surface area contributed by atoms with E-state index < -0.39 is 0 Å². The summed E-state index contributed by atoms with van der Waals surface area (Å²) < 4.78 is 5.72. The van der Waals surface area contributed by atoms with Gasteiger partial charge in [-0.2, -0.15) is 0 Å². The third-order valence-electron chi connectivity index (χ3n) is 2.29. The molecule has 0 aromatic heterocycles.